The van der Waals surface area contributed by atoms with E-state index in [4.69, 9.17) is 4.74 Å². The molecule has 1 aliphatic heterocycles. The number of nitro benzene ring substituents is 1. The molecule has 0 unspecified atom stereocenters. The van der Waals surface area contributed by atoms with E-state index >= 15 is 0 Å². The lowest BCUT2D eigenvalue weighted by Gasteiger charge is -2.26. The number of imide groups is 2. The minimum absolute atomic E-state index is 0.0264. The summed E-state index contributed by atoms with van der Waals surface area (Å²) in [5.41, 5.74) is 1.85. The monoisotopic (exact) mass is 535 g/mol. The van der Waals surface area contributed by atoms with Gasteiger partial charge in [0.15, 0.2) is 0 Å². The Labute approximate surface area is 208 Å². The average molecular weight is 536 g/mol. The van der Waals surface area contributed by atoms with Crippen LogP contribution in [0.25, 0.3) is 6.08 Å². The lowest BCUT2D eigenvalue weighted by atomic mass is 10.0. The molecule has 0 aliphatic carbocycles. The highest BCUT2D eigenvalue weighted by molar-refractivity contribution is 9.10. The first-order valence-corrected chi connectivity index (χ1v) is 11.1. The number of anilines is 1. The van der Waals surface area contributed by atoms with Crippen molar-refractivity contribution in [1.29, 1.82) is 0 Å². The van der Waals surface area contributed by atoms with E-state index in [1.165, 1.54) is 31.4 Å². The highest BCUT2D eigenvalue weighted by Gasteiger charge is 2.37. The molecule has 0 spiro atoms. The molecule has 0 saturated carbocycles. The maximum Gasteiger partial charge on any atom is 0.335 e. The smallest absolute Gasteiger partial charge is 0.335 e. The number of rotatable bonds is 6. The Kier molecular flexibility index (Phi) is 6.74. The van der Waals surface area contributed by atoms with Crippen LogP contribution in [0.15, 0.2) is 76.8 Å². The van der Waals surface area contributed by atoms with Gasteiger partial charge >= 0.3 is 6.03 Å². The third-order valence-electron chi connectivity index (χ3n) is 5.36. The number of amides is 4. The Morgan fingerprint density at radius 3 is 2.51 bits per heavy atom. The molecule has 3 aromatic carbocycles. The summed E-state index contributed by atoms with van der Waals surface area (Å²) in [5.74, 6) is -1.20. The molecule has 0 bridgehead atoms. The van der Waals surface area contributed by atoms with Crippen molar-refractivity contribution in [1.82, 2.24) is 5.32 Å². The van der Waals surface area contributed by atoms with Gasteiger partial charge in [-0.15, -0.1) is 0 Å². The molecular formula is C25H18BrN3O6. The fourth-order valence-electron chi connectivity index (χ4n) is 3.65. The van der Waals surface area contributed by atoms with Crippen molar-refractivity contribution >= 4 is 51.2 Å². The second kappa shape index (κ2) is 9.90. The summed E-state index contributed by atoms with van der Waals surface area (Å²) in [6.45, 7) is 0. The van der Waals surface area contributed by atoms with Crippen LogP contribution in [0.5, 0.6) is 5.75 Å². The first-order chi connectivity index (χ1) is 16.8. The fourth-order valence-corrected chi connectivity index (χ4v) is 4.07. The molecule has 0 radical (unpaired) electrons. The first kappa shape index (κ1) is 23.8. The molecule has 1 saturated heterocycles. The molecule has 4 amide bonds. The van der Waals surface area contributed by atoms with Crippen molar-refractivity contribution in [3.63, 3.8) is 0 Å². The molecule has 9 nitrogen and oxygen atoms in total. The summed E-state index contributed by atoms with van der Waals surface area (Å²) in [6.07, 6.45) is 1.94. The minimum Gasteiger partial charge on any atom is -0.496 e. The molecule has 35 heavy (non-hydrogen) atoms. The highest BCUT2D eigenvalue weighted by atomic mass is 79.9. The number of carbonyl (C=O) groups excluding carboxylic acids is 3. The number of barbiturate groups is 1. The molecule has 0 aromatic heterocycles. The molecule has 4 rings (SSSR count). The van der Waals surface area contributed by atoms with Crippen LogP contribution >= 0.6 is 15.9 Å². The van der Waals surface area contributed by atoms with E-state index in [9.17, 15) is 24.5 Å². The maximum atomic E-state index is 13.1. The number of nitro groups is 1. The highest BCUT2D eigenvalue weighted by Crippen LogP contribution is 2.29. The van der Waals surface area contributed by atoms with E-state index < -0.39 is 22.8 Å². The summed E-state index contributed by atoms with van der Waals surface area (Å²) in [6, 6.07) is 17.1. The second-order valence-electron chi connectivity index (χ2n) is 7.57. The molecule has 1 N–H and O–H groups in total. The number of nitrogens with zero attached hydrogens (tertiary/aromatic N) is 2. The number of methoxy groups -OCH3 is 1. The van der Waals surface area contributed by atoms with Gasteiger partial charge in [0.1, 0.15) is 11.3 Å². The van der Waals surface area contributed by atoms with E-state index in [1.54, 1.807) is 12.1 Å². The van der Waals surface area contributed by atoms with E-state index in [2.05, 4.69) is 21.2 Å². The minimum atomic E-state index is -0.987. The summed E-state index contributed by atoms with van der Waals surface area (Å²) in [5, 5.41) is 13.2. The quantitative estimate of drug-likeness (QED) is 0.213. The van der Waals surface area contributed by atoms with Crippen LogP contribution in [0.3, 0.4) is 0 Å². The van der Waals surface area contributed by atoms with E-state index in [-0.39, 0.29) is 16.9 Å². The van der Waals surface area contributed by atoms with E-state index in [0.29, 0.717) is 22.6 Å². The van der Waals surface area contributed by atoms with Crippen LogP contribution in [-0.4, -0.2) is 29.9 Å². The van der Waals surface area contributed by atoms with Gasteiger partial charge in [0.05, 0.1) is 17.7 Å². The van der Waals surface area contributed by atoms with Gasteiger partial charge in [-0.25, -0.2) is 9.69 Å². The molecule has 10 heteroatoms. The Morgan fingerprint density at radius 2 is 1.80 bits per heavy atom. The van der Waals surface area contributed by atoms with Crippen LogP contribution in [0.4, 0.5) is 16.2 Å². The number of non-ortho nitro benzene ring substituents is 1. The van der Waals surface area contributed by atoms with Crippen molar-refractivity contribution in [3.8, 4) is 5.75 Å². The molecule has 1 fully saturated rings. The second-order valence-corrected chi connectivity index (χ2v) is 8.43. The van der Waals surface area contributed by atoms with Gasteiger partial charge in [-0.05, 0) is 41.0 Å². The van der Waals surface area contributed by atoms with Crippen molar-refractivity contribution in [3.05, 3.63) is 104 Å². The number of nitrogens with one attached hydrogen (secondary N) is 1. The molecular weight excluding hydrogens is 518 g/mol. The van der Waals surface area contributed by atoms with Gasteiger partial charge in [-0.1, -0.05) is 52.3 Å². The van der Waals surface area contributed by atoms with Gasteiger partial charge in [0.2, 0.25) is 0 Å². The lowest BCUT2D eigenvalue weighted by molar-refractivity contribution is -0.384. The predicted octanol–water partition coefficient (Wildman–Crippen LogP) is 4.62. The van der Waals surface area contributed by atoms with Gasteiger partial charge < -0.3 is 4.74 Å². The SMILES string of the molecule is COc1cc(/C=C2\C(=O)NC(=O)N(c3cccc([N+](=O)[O-])c3)C2=O)ccc1Cc1ccccc1Br. The summed E-state index contributed by atoms with van der Waals surface area (Å²) in [4.78, 5) is 49.1. The number of carbonyl (C=O) groups is 3. The third-order valence-corrected chi connectivity index (χ3v) is 6.13. The standard InChI is InChI=1S/C25H18BrN3O6/c1-35-22-12-15(9-10-17(22)13-16-5-2-3-8-21(16)26)11-20-23(30)27-25(32)28(24(20)31)18-6-4-7-19(14-18)29(33)34/h2-12,14H,13H2,1H3,(H,27,30,32)/b20-11+. The van der Waals surface area contributed by atoms with Gasteiger partial charge in [0, 0.05) is 23.0 Å². The average Bonchev–Trinajstić information content (AvgIpc) is 2.84. The number of benzene rings is 3. The van der Waals surface area contributed by atoms with Crippen LogP contribution in [-0.2, 0) is 16.0 Å². The van der Waals surface area contributed by atoms with Crippen molar-refractivity contribution < 1.29 is 24.0 Å². The molecule has 3 aromatic rings. The number of halogens is 1. The first-order valence-electron chi connectivity index (χ1n) is 10.3. The van der Waals surface area contributed by atoms with Gasteiger partial charge in [0.25, 0.3) is 17.5 Å². The zero-order valence-electron chi connectivity index (χ0n) is 18.4. The molecule has 1 heterocycles. The normalized spacial score (nSPS) is 14.7. The number of hydrogen-bond donors (Lipinski definition) is 1. The third kappa shape index (κ3) is 4.97. The summed E-state index contributed by atoms with van der Waals surface area (Å²) < 4.78 is 6.49. The lowest BCUT2D eigenvalue weighted by Crippen LogP contribution is -2.54. The number of ether oxygens (including phenoxy) is 1. The van der Waals surface area contributed by atoms with Crippen LogP contribution < -0.4 is 15.0 Å². The topological polar surface area (TPSA) is 119 Å². The van der Waals surface area contributed by atoms with E-state index in [0.717, 1.165) is 21.7 Å². The van der Waals surface area contributed by atoms with Crippen LogP contribution in [0.2, 0.25) is 0 Å². The van der Waals surface area contributed by atoms with Crippen molar-refractivity contribution in [2.45, 2.75) is 6.42 Å². The number of hydrogen-bond acceptors (Lipinski definition) is 6. The zero-order chi connectivity index (χ0) is 25.1. The van der Waals surface area contributed by atoms with Gasteiger partial charge in [-0.3, -0.25) is 25.0 Å². The predicted molar refractivity (Wildman–Crippen MR) is 132 cm³/mol. The maximum absolute atomic E-state index is 13.1. The Hall–Kier alpha value is -4.31. The number of urea groups is 1. The van der Waals surface area contributed by atoms with Crippen molar-refractivity contribution in [2.75, 3.05) is 12.0 Å². The summed E-state index contributed by atoms with van der Waals surface area (Å²) in [7, 11) is 1.52. The summed E-state index contributed by atoms with van der Waals surface area (Å²) >= 11 is 3.53. The van der Waals surface area contributed by atoms with Crippen LogP contribution in [0, 0.1) is 10.1 Å². The molecule has 176 valence electrons. The van der Waals surface area contributed by atoms with Crippen LogP contribution in [0.1, 0.15) is 16.7 Å². The Balaban J connectivity index is 1.67. The zero-order valence-corrected chi connectivity index (χ0v) is 19.9. The Morgan fingerprint density at radius 1 is 1.03 bits per heavy atom. The van der Waals surface area contributed by atoms with Gasteiger partial charge in [-0.2, -0.15) is 0 Å². The van der Waals surface area contributed by atoms with Crippen molar-refractivity contribution in [2.24, 2.45) is 0 Å². The van der Waals surface area contributed by atoms with E-state index in [1.807, 2.05) is 30.3 Å². The fraction of sp³-hybridized carbons (Fsp3) is 0.0800. The Bertz CT molecular complexity index is 1400. The molecule has 0 atom stereocenters. The largest absolute Gasteiger partial charge is 0.496 e. The molecule has 1 aliphatic rings.